The van der Waals surface area contributed by atoms with Gasteiger partial charge in [0.2, 0.25) is 6.41 Å². The zero-order valence-corrected chi connectivity index (χ0v) is 8.24. The lowest BCUT2D eigenvalue weighted by Crippen LogP contribution is -2.37. The summed E-state index contributed by atoms with van der Waals surface area (Å²) in [5, 5.41) is 0. The maximum atomic E-state index is 10.1. The van der Waals surface area contributed by atoms with Gasteiger partial charge in [-0.15, -0.1) is 0 Å². The average molecular weight is 191 g/mol. The molecule has 0 saturated heterocycles. The highest BCUT2D eigenvalue weighted by Crippen LogP contribution is 2.06. The van der Waals surface area contributed by atoms with Gasteiger partial charge in [0.05, 0.1) is 0 Å². The van der Waals surface area contributed by atoms with Crippen molar-refractivity contribution >= 4 is 12.2 Å². The van der Waals surface area contributed by atoms with Crippen LogP contribution in [0, 0.1) is 6.92 Å². The number of carbonyl (C=O) groups excluding carboxylic acids is 1. The SMILES string of the molecule is CN=C(NNC=O)c1ccccc1C. The lowest BCUT2D eigenvalue weighted by atomic mass is 10.1. The van der Waals surface area contributed by atoms with E-state index in [0.717, 1.165) is 11.1 Å². The Bertz CT molecular complexity index is 347. The van der Waals surface area contributed by atoms with Crippen LogP contribution in [-0.2, 0) is 4.79 Å². The molecule has 0 unspecified atom stereocenters. The molecule has 0 aliphatic carbocycles. The number of nitrogens with one attached hydrogen (secondary N) is 2. The van der Waals surface area contributed by atoms with Crippen LogP contribution in [0.25, 0.3) is 0 Å². The van der Waals surface area contributed by atoms with Crippen LogP contribution in [0.2, 0.25) is 0 Å². The first-order valence-electron chi connectivity index (χ1n) is 4.27. The molecule has 0 saturated carbocycles. The van der Waals surface area contributed by atoms with Crippen LogP contribution in [-0.4, -0.2) is 19.3 Å². The zero-order chi connectivity index (χ0) is 10.4. The number of rotatable bonds is 3. The molecule has 0 aromatic heterocycles. The Balaban J connectivity index is 2.90. The molecule has 4 heteroatoms. The van der Waals surface area contributed by atoms with E-state index in [-0.39, 0.29) is 0 Å². The number of hydrazine groups is 1. The standard InChI is InChI=1S/C10H13N3O/c1-8-5-3-4-6-9(8)10(11-2)13-12-7-14/h3-7H,1-2H3,(H,11,13)(H,12,14). The molecule has 1 rings (SSSR count). The lowest BCUT2D eigenvalue weighted by Gasteiger charge is -2.09. The molecule has 1 aromatic rings. The quantitative estimate of drug-likeness (QED) is 0.318. The normalized spacial score (nSPS) is 10.9. The number of hydrogen-bond acceptors (Lipinski definition) is 2. The first kappa shape index (κ1) is 10.2. The summed E-state index contributed by atoms with van der Waals surface area (Å²) in [5.74, 6) is 0.648. The Morgan fingerprint density at radius 3 is 2.71 bits per heavy atom. The Morgan fingerprint density at radius 2 is 2.14 bits per heavy atom. The van der Waals surface area contributed by atoms with E-state index in [0.29, 0.717) is 12.2 Å². The van der Waals surface area contributed by atoms with Gasteiger partial charge in [-0.25, -0.2) is 0 Å². The molecule has 0 atom stereocenters. The van der Waals surface area contributed by atoms with E-state index in [1.807, 2.05) is 31.2 Å². The molecule has 74 valence electrons. The maximum Gasteiger partial charge on any atom is 0.225 e. The van der Waals surface area contributed by atoms with E-state index >= 15 is 0 Å². The molecule has 1 aromatic carbocycles. The molecule has 2 N–H and O–H groups in total. The largest absolute Gasteiger partial charge is 0.282 e. The second-order valence-electron chi connectivity index (χ2n) is 2.77. The summed E-state index contributed by atoms with van der Waals surface area (Å²) >= 11 is 0. The number of benzene rings is 1. The molecular weight excluding hydrogens is 178 g/mol. The van der Waals surface area contributed by atoms with Crippen LogP contribution in [0.15, 0.2) is 29.3 Å². The average Bonchev–Trinajstić information content (AvgIpc) is 2.21. The number of nitrogens with zero attached hydrogens (tertiary/aromatic N) is 1. The Kier molecular flexibility index (Phi) is 3.67. The summed E-state index contributed by atoms with van der Waals surface area (Å²) in [6.45, 7) is 1.99. The maximum absolute atomic E-state index is 10.1. The number of aliphatic imine (C=N–C) groups is 1. The topological polar surface area (TPSA) is 53.5 Å². The van der Waals surface area contributed by atoms with Gasteiger partial charge in [0.1, 0.15) is 5.84 Å². The van der Waals surface area contributed by atoms with Crippen molar-refractivity contribution in [3.8, 4) is 0 Å². The van der Waals surface area contributed by atoms with Crippen molar-refractivity contribution in [3.05, 3.63) is 35.4 Å². The van der Waals surface area contributed by atoms with Crippen LogP contribution < -0.4 is 10.9 Å². The number of hydrogen-bond donors (Lipinski definition) is 2. The van der Waals surface area contributed by atoms with E-state index in [9.17, 15) is 4.79 Å². The van der Waals surface area contributed by atoms with Crippen molar-refractivity contribution in [1.29, 1.82) is 0 Å². The number of aryl methyl sites for hydroxylation is 1. The van der Waals surface area contributed by atoms with Gasteiger partial charge in [-0.1, -0.05) is 24.3 Å². The lowest BCUT2D eigenvalue weighted by molar-refractivity contribution is -0.110. The van der Waals surface area contributed by atoms with E-state index in [2.05, 4.69) is 15.8 Å². The van der Waals surface area contributed by atoms with Crippen LogP contribution in [0.1, 0.15) is 11.1 Å². The van der Waals surface area contributed by atoms with Gasteiger partial charge in [-0.05, 0) is 12.5 Å². The van der Waals surface area contributed by atoms with Gasteiger partial charge in [0, 0.05) is 12.6 Å². The molecule has 0 bridgehead atoms. The first-order chi connectivity index (χ1) is 6.79. The molecule has 0 spiro atoms. The molecule has 0 heterocycles. The van der Waals surface area contributed by atoms with Gasteiger partial charge >= 0.3 is 0 Å². The first-order valence-corrected chi connectivity index (χ1v) is 4.27. The van der Waals surface area contributed by atoms with Gasteiger partial charge in [0.15, 0.2) is 0 Å². The fourth-order valence-electron chi connectivity index (χ4n) is 1.18. The minimum atomic E-state index is 0.573. The van der Waals surface area contributed by atoms with Crippen molar-refractivity contribution in [3.63, 3.8) is 0 Å². The minimum Gasteiger partial charge on any atom is -0.282 e. The van der Waals surface area contributed by atoms with Gasteiger partial charge < -0.3 is 0 Å². The van der Waals surface area contributed by atoms with Crippen LogP contribution in [0.4, 0.5) is 0 Å². The van der Waals surface area contributed by atoms with Crippen LogP contribution in [0.3, 0.4) is 0 Å². The van der Waals surface area contributed by atoms with E-state index in [4.69, 9.17) is 0 Å². The van der Waals surface area contributed by atoms with Crippen LogP contribution in [0.5, 0.6) is 0 Å². The fourth-order valence-corrected chi connectivity index (χ4v) is 1.18. The fraction of sp³-hybridized carbons (Fsp3) is 0.200. The van der Waals surface area contributed by atoms with E-state index < -0.39 is 0 Å². The zero-order valence-electron chi connectivity index (χ0n) is 8.24. The summed E-state index contributed by atoms with van der Waals surface area (Å²) < 4.78 is 0. The Hall–Kier alpha value is -1.84. The summed E-state index contributed by atoms with van der Waals surface area (Å²) in [5.41, 5.74) is 7.15. The number of amides is 1. The summed E-state index contributed by atoms with van der Waals surface area (Å²) in [4.78, 5) is 14.2. The highest BCUT2D eigenvalue weighted by Gasteiger charge is 2.03. The third kappa shape index (κ3) is 2.32. The van der Waals surface area contributed by atoms with Crippen molar-refractivity contribution in [2.24, 2.45) is 4.99 Å². The van der Waals surface area contributed by atoms with Crippen LogP contribution >= 0.6 is 0 Å². The molecule has 14 heavy (non-hydrogen) atoms. The Morgan fingerprint density at radius 1 is 1.43 bits per heavy atom. The van der Waals surface area contributed by atoms with Crippen molar-refractivity contribution in [1.82, 2.24) is 10.9 Å². The summed E-state index contributed by atoms with van der Waals surface area (Å²) in [6, 6.07) is 7.82. The summed E-state index contributed by atoms with van der Waals surface area (Å²) in [6.07, 6.45) is 0.573. The molecule has 0 radical (unpaired) electrons. The van der Waals surface area contributed by atoms with Gasteiger partial charge in [-0.3, -0.25) is 20.6 Å². The molecule has 0 fully saturated rings. The number of amidine groups is 1. The summed E-state index contributed by atoms with van der Waals surface area (Å²) in [7, 11) is 1.67. The van der Waals surface area contributed by atoms with Gasteiger partial charge in [0.25, 0.3) is 0 Å². The molecular formula is C10H13N3O. The number of carbonyl (C=O) groups is 1. The second-order valence-corrected chi connectivity index (χ2v) is 2.77. The van der Waals surface area contributed by atoms with Crippen molar-refractivity contribution in [2.45, 2.75) is 6.92 Å². The van der Waals surface area contributed by atoms with E-state index in [1.165, 1.54) is 0 Å². The van der Waals surface area contributed by atoms with E-state index in [1.54, 1.807) is 7.05 Å². The minimum absolute atomic E-state index is 0.573. The monoisotopic (exact) mass is 191 g/mol. The molecule has 4 nitrogen and oxygen atoms in total. The van der Waals surface area contributed by atoms with Crippen molar-refractivity contribution < 1.29 is 4.79 Å². The van der Waals surface area contributed by atoms with Crippen molar-refractivity contribution in [2.75, 3.05) is 7.05 Å². The smallest absolute Gasteiger partial charge is 0.225 e. The Labute approximate surface area is 83.0 Å². The molecule has 0 aliphatic heterocycles. The molecule has 1 amide bonds. The molecule has 0 aliphatic rings. The highest BCUT2D eigenvalue weighted by molar-refractivity contribution is 6.00. The predicted octanol–water partition coefficient (Wildman–Crippen LogP) is 0.622. The second kappa shape index (κ2) is 5.01. The highest BCUT2D eigenvalue weighted by atomic mass is 16.1. The predicted molar refractivity (Wildman–Crippen MR) is 56.0 cm³/mol. The third-order valence-corrected chi connectivity index (χ3v) is 1.87. The third-order valence-electron chi connectivity index (χ3n) is 1.87. The van der Waals surface area contributed by atoms with Gasteiger partial charge in [-0.2, -0.15) is 0 Å².